The molecule has 0 atom stereocenters. The van der Waals surface area contributed by atoms with Gasteiger partial charge in [-0.25, -0.2) is 4.39 Å². The number of nitrogens with zero attached hydrogens (tertiary/aromatic N) is 1. The first-order chi connectivity index (χ1) is 17.6. The predicted octanol–water partition coefficient (Wildman–Crippen LogP) is 7.10. The van der Waals surface area contributed by atoms with E-state index in [4.69, 9.17) is 0 Å². The fourth-order valence-electron chi connectivity index (χ4n) is 4.59. The highest BCUT2D eigenvalue weighted by Gasteiger charge is 2.13. The second-order valence-electron chi connectivity index (χ2n) is 9.23. The number of aromatic amines is 1. The molecule has 0 bridgehead atoms. The molecule has 1 aromatic heterocycles. The number of fused-ring (bicyclic) bond motifs is 1. The van der Waals surface area contributed by atoms with E-state index in [1.165, 1.54) is 28.8 Å². The summed E-state index contributed by atoms with van der Waals surface area (Å²) in [7, 11) is 0. The van der Waals surface area contributed by atoms with Crippen LogP contribution in [0.1, 0.15) is 29.2 Å². The molecule has 0 aliphatic carbocycles. The lowest BCUT2D eigenvalue weighted by atomic mass is 10.0. The molecule has 4 heteroatoms. The smallest absolute Gasteiger partial charge is 0.252 e. The summed E-state index contributed by atoms with van der Waals surface area (Å²) in [6, 6.07) is 33.6. The molecule has 0 spiro atoms. The number of benzene rings is 4. The number of hydrogen-bond donors (Lipinski definition) is 1. The van der Waals surface area contributed by atoms with E-state index in [1.54, 1.807) is 12.1 Å². The largest absolute Gasteiger partial charge is 0.322 e. The molecule has 0 saturated heterocycles. The van der Waals surface area contributed by atoms with Crippen LogP contribution in [0.15, 0.2) is 108 Å². The normalized spacial score (nSPS) is 11.3. The van der Waals surface area contributed by atoms with Gasteiger partial charge in [-0.05, 0) is 70.0 Å². The van der Waals surface area contributed by atoms with Gasteiger partial charge in [-0.3, -0.25) is 9.69 Å². The van der Waals surface area contributed by atoms with Gasteiger partial charge in [0.1, 0.15) is 5.82 Å². The average Bonchev–Trinajstić information content (AvgIpc) is 2.91. The highest BCUT2D eigenvalue weighted by Crippen LogP contribution is 2.21. The molecule has 180 valence electrons. The highest BCUT2D eigenvalue weighted by molar-refractivity contribution is 5.79. The van der Waals surface area contributed by atoms with Gasteiger partial charge in [-0.2, -0.15) is 0 Å². The fourth-order valence-corrected chi connectivity index (χ4v) is 4.59. The van der Waals surface area contributed by atoms with Crippen LogP contribution in [0.5, 0.6) is 0 Å². The minimum atomic E-state index is -0.250. The lowest BCUT2D eigenvalue weighted by Crippen LogP contribution is -2.26. The molecule has 0 amide bonds. The van der Waals surface area contributed by atoms with Crippen LogP contribution in [-0.4, -0.2) is 9.88 Å². The van der Waals surface area contributed by atoms with Crippen LogP contribution in [0.25, 0.3) is 22.0 Å². The number of aryl methyl sites for hydroxylation is 1. The molecule has 1 heterocycles. The quantitative estimate of drug-likeness (QED) is 0.259. The standard InChI is InChI=1S/C32H29FN2O/c1-2-23-12-17-31-28(18-23)19-29(32(36)34-31)22-35(21-25-10-15-30(33)16-11-25)20-24-8-13-27(14-9-24)26-6-4-3-5-7-26/h3-19H,2,20-22H2,1H3,(H,34,36). The Kier molecular flexibility index (Phi) is 7.06. The van der Waals surface area contributed by atoms with E-state index in [0.29, 0.717) is 19.6 Å². The van der Waals surface area contributed by atoms with Crippen molar-refractivity contribution in [3.05, 3.63) is 142 Å². The second-order valence-corrected chi connectivity index (χ2v) is 9.23. The Balaban J connectivity index is 1.43. The molecule has 0 radical (unpaired) electrons. The van der Waals surface area contributed by atoms with Crippen LogP contribution < -0.4 is 5.56 Å². The molecule has 4 aromatic carbocycles. The van der Waals surface area contributed by atoms with Crippen molar-refractivity contribution in [2.75, 3.05) is 0 Å². The Bertz CT molecular complexity index is 1510. The van der Waals surface area contributed by atoms with Gasteiger partial charge < -0.3 is 4.98 Å². The highest BCUT2D eigenvalue weighted by atomic mass is 19.1. The zero-order valence-corrected chi connectivity index (χ0v) is 20.4. The van der Waals surface area contributed by atoms with E-state index in [0.717, 1.165) is 34.0 Å². The number of nitrogens with one attached hydrogen (secondary N) is 1. The second kappa shape index (κ2) is 10.7. The lowest BCUT2D eigenvalue weighted by molar-refractivity contribution is 0.246. The van der Waals surface area contributed by atoms with Crippen LogP contribution in [0.2, 0.25) is 0 Å². The summed E-state index contributed by atoms with van der Waals surface area (Å²) in [6.07, 6.45) is 0.945. The Morgan fingerprint density at radius 2 is 1.31 bits per heavy atom. The number of halogens is 1. The number of rotatable bonds is 8. The maximum absolute atomic E-state index is 13.5. The molecule has 1 N–H and O–H groups in total. The Hall–Kier alpha value is -4.02. The van der Waals surface area contributed by atoms with Crippen molar-refractivity contribution in [3.63, 3.8) is 0 Å². The first kappa shape index (κ1) is 23.7. The van der Waals surface area contributed by atoms with Crippen molar-refractivity contribution in [1.82, 2.24) is 9.88 Å². The van der Waals surface area contributed by atoms with E-state index < -0.39 is 0 Å². The molecule has 0 aliphatic heterocycles. The van der Waals surface area contributed by atoms with Gasteiger partial charge in [0.15, 0.2) is 0 Å². The zero-order valence-electron chi connectivity index (χ0n) is 20.4. The number of aromatic nitrogens is 1. The summed E-state index contributed by atoms with van der Waals surface area (Å²) in [4.78, 5) is 18.2. The van der Waals surface area contributed by atoms with Crippen LogP contribution in [-0.2, 0) is 26.1 Å². The molecular formula is C32H29FN2O. The molecule has 0 unspecified atom stereocenters. The van der Waals surface area contributed by atoms with Crippen LogP contribution in [0.4, 0.5) is 4.39 Å². The van der Waals surface area contributed by atoms with E-state index in [2.05, 4.69) is 65.3 Å². The van der Waals surface area contributed by atoms with Crippen LogP contribution in [0.3, 0.4) is 0 Å². The van der Waals surface area contributed by atoms with Crippen molar-refractivity contribution in [2.24, 2.45) is 0 Å². The Morgan fingerprint density at radius 1 is 0.694 bits per heavy atom. The third kappa shape index (κ3) is 5.61. The summed E-state index contributed by atoms with van der Waals surface area (Å²) in [6.45, 7) is 3.88. The summed E-state index contributed by atoms with van der Waals surface area (Å²) in [5, 5.41) is 1.04. The topological polar surface area (TPSA) is 36.1 Å². The summed E-state index contributed by atoms with van der Waals surface area (Å²) < 4.78 is 13.5. The van der Waals surface area contributed by atoms with E-state index >= 15 is 0 Å². The van der Waals surface area contributed by atoms with Crippen molar-refractivity contribution < 1.29 is 4.39 Å². The molecular weight excluding hydrogens is 447 g/mol. The Morgan fingerprint density at radius 3 is 1.97 bits per heavy atom. The molecule has 3 nitrogen and oxygen atoms in total. The van der Waals surface area contributed by atoms with E-state index in [1.807, 2.05) is 30.3 Å². The minimum Gasteiger partial charge on any atom is -0.322 e. The Labute approximate surface area is 210 Å². The van der Waals surface area contributed by atoms with Crippen LogP contribution >= 0.6 is 0 Å². The summed E-state index contributed by atoms with van der Waals surface area (Å²) in [5.74, 6) is -0.250. The van der Waals surface area contributed by atoms with Crippen molar-refractivity contribution in [3.8, 4) is 11.1 Å². The maximum atomic E-state index is 13.5. The number of hydrogen-bond acceptors (Lipinski definition) is 2. The zero-order chi connectivity index (χ0) is 24.9. The fraction of sp³-hybridized carbons (Fsp3) is 0.156. The minimum absolute atomic E-state index is 0.0738. The van der Waals surface area contributed by atoms with Gasteiger partial charge in [0, 0.05) is 30.7 Å². The first-order valence-corrected chi connectivity index (χ1v) is 12.3. The van der Waals surface area contributed by atoms with Gasteiger partial charge in [0.25, 0.3) is 5.56 Å². The van der Waals surface area contributed by atoms with Gasteiger partial charge in [0.2, 0.25) is 0 Å². The molecule has 0 saturated carbocycles. The van der Waals surface area contributed by atoms with Gasteiger partial charge in [-0.15, -0.1) is 0 Å². The monoisotopic (exact) mass is 476 g/mol. The lowest BCUT2D eigenvalue weighted by Gasteiger charge is -2.23. The van der Waals surface area contributed by atoms with Gasteiger partial charge >= 0.3 is 0 Å². The number of H-pyrrole nitrogens is 1. The van der Waals surface area contributed by atoms with E-state index in [9.17, 15) is 9.18 Å². The average molecular weight is 477 g/mol. The van der Waals surface area contributed by atoms with Crippen molar-refractivity contribution in [1.29, 1.82) is 0 Å². The van der Waals surface area contributed by atoms with Crippen LogP contribution in [0, 0.1) is 5.82 Å². The van der Waals surface area contributed by atoms with Gasteiger partial charge in [-0.1, -0.05) is 79.7 Å². The third-order valence-corrected chi connectivity index (χ3v) is 6.57. The maximum Gasteiger partial charge on any atom is 0.252 e. The summed E-state index contributed by atoms with van der Waals surface area (Å²) >= 11 is 0. The predicted molar refractivity (Wildman–Crippen MR) is 145 cm³/mol. The number of pyridine rings is 1. The molecule has 0 aliphatic rings. The van der Waals surface area contributed by atoms with Crippen molar-refractivity contribution >= 4 is 10.9 Å². The van der Waals surface area contributed by atoms with Crippen molar-refractivity contribution in [2.45, 2.75) is 33.0 Å². The molecule has 0 fully saturated rings. The molecule has 5 rings (SSSR count). The summed E-state index contributed by atoms with van der Waals surface area (Å²) in [5.41, 5.74) is 7.24. The van der Waals surface area contributed by atoms with Gasteiger partial charge in [0.05, 0.1) is 0 Å². The SMILES string of the molecule is CCc1ccc2[nH]c(=O)c(CN(Cc3ccc(F)cc3)Cc3ccc(-c4ccccc4)cc3)cc2c1. The third-order valence-electron chi connectivity index (χ3n) is 6.57. The first-order valence-electron chi connectivity index (χ1n) is 12.3. The molecule has 36 heavy (non-hydrogen) atoms. The molecule has 5 aromatic rings. The van der Waals surface area contributed by atoms with E-state index in [-0.39, 0.29) is 11.4 Å².